The second kappa shape index (κ2) is 6.41. The van der Waals surface area contributed by atoms with E-state index in [0.29, 0.717) is 11.8 Å². The van der Waals surface area contributed by atoms with Gasteiger partial charge in [0.1, 0.15) is 13.7 Å². The fraction of sp³-hybridized carbons (Fsp3) is 0.955. The summed E-state index contributed by atoms with van der Waals surface area (Å²) in [7, 11) is 0. The van der Waals surface area contributed by atoms with E-state index >= 15 is 0 Å². The monoisotopic (exact) mass is 340 g/mol. The van der Waals surface area contributed by atoms with Crippen LogP contribution in [0.2, 0.25) is 0 Å². The predicted octanol–water partition coefficient (Wildman–Crippen LogP) is 5.99. The smallest absolute Gasteiger partial charge is 0.149 e. The lowest BCUT2D eigenvalue weighted by atomic mass is 9.50. The highest BCUT2D eigenvalue weighted by Gasteiger charge is 2.58. The molecule has 1 fully saturated rings. The molecule has 2 heteroatoms. The van der Waals surface area contributed by atoms with E-state index in [1.54, 1.807) is 0 Å². The first kappa shape index (κ1) is 19.9. The molecule has 0 bridgehead atoms. The van der Waals surface area contributed by atoms with E-state index in [2.05, 4.69) is 83.1 Å². The molecule has 0 aromatic rings. The summed E-state index contributed by atoms with van der Waals surface area (Å²) in [5, 5.41) is 0. The maximum Gasteiger partial charge on any atom is 0.149 e. The normalized spacial score (nSPS) is 34.0. The first-order chi connectivity index (χ1) is 10.8. The highest BCUT2D eigenvalue weighted by Crippen LogP contribution is 2.58. The van der Waals surface area contributed by atoms with Gasteiger partial charge in [0.2, 0.25) is 0 Å². The zero-order valence-electron chi connectivity index (χ0n) is 19.2. The lowest BCUT2D eigenvalue weighted by molar-refractivity contribution is -0.233. The highest BCUT2D eigenvalue weighted by atomic mass is 16.5. The molecule has 0 N–H and O–H groups in total. The van der Waals surface area contributed by atoms with E-state index in [4.69, 9.17) is 6.11 Å². The summed E-state index contributed by atoms with van der Waals surface area (Å²) in [6.45, 7) is 26.9. The highest BCUT2D eigenvalue weighted by molar-refractivity contribution is 5.57. The van der Waals surface area contributed by atoms with E-state index in [1.165, 1.54) is 0 Å². The molecule has 2 nitrogen and oxygen atoms in total. The van der Waals surface area contributed by atoms with Crippen LogP contribution in [0.25, 0.3) is 0 Å². The van der Waals surface area contributed by atoms with Gasteiger partial charge in [-0.05, 0) is 33.5 Å². The molecular weight excluding hydrogens is 296 g/mol. The third-order valence-electron chi connectivity index (χ3n) is 5.69. The van der Waals surface area contributed by atoms with Gasteiger partial charge in [0.05, 0.1) is 6.10 Å². The lowest BCUT2D eigenvalue weighted by Crippen LogP contribution is -2.62. The minimum atomic E-state index is -0.646. The molecule has 142 valence electrons. The third kappa shape index (κ3) is 4.42. The van der Waals surface area contributed by atoms with Crippen LogP contribution in [0.1, 0.15) is 84.5 Å². The van der Waals surface area contributed by atoms with E-state index in [9.17, 15) is 4.79 Å². The number of hydrogen-bond acceptors (Lipinski definition) is 2. The molecule has 1 aliphatic rings. The zero-order valence-corrected chi connectivity index (χ0v) is 18.2. The standard InChI is InChI=1S/C22H42O2/c1-19(2,3)15-14(13-23)24-18(22(10,11)12)17(21(7,8)9)16(15)20(4,5)6/h13-18H,1-12H3/i13T. The summed E-state index contributed by atoms with van der Waals surface area (Å²) >= 11 is 0. The third-order valence-corrected chi connectivity index (χ3v) is 5.69. The summed E-state index contributed by atoms with van der Waals surface area (Å²) in [5.41, 5.74) is -0.115. The maximum atomic E-state index is 12.3. The second-order valence-electron chi connectivity index (χ2n) is 12.1. The predicted molar refractivity (Wildman–Crippen MR) is 103 cm³/mol. The molecule has 0 saturated carbocycles. The van der Waals surface area contributed by atoms with E-state index in [-0.39, 0.29) is 33.7 Å². The van der Waals surface area contributed by atoms with Gasteiger partial charge in [-0.2, -0.15) is 0 Å². The van der Waals surface area contributed by atoms with Crippen molar-refractivity contribution in [3.8, 4) is 0 Å². The molecule has 24 heavy (non-hydrogen) atoms. The SMILES string of the molecule is [3H]C(=O)C1OC(C(C)(C)C)C(C(C)(C)C)C(C(C)(C)C)C1C(C)(C)C. The van der Waals surface area contributed by atoms with Gasteiger partial charge in [0.15, 0.2) is 0 Å². The summed E-state index contributed by atoms with van der Waals surface area (Å²) in [6.07, 6.45) is -1.27. The fourth-order valence-electron chi connectivity index (χ4n) is 4.83. The molecule has 0 amide bonds. The van der Waals surface area contributed by atoms with Crippen molar-refractivity contribution in [2.24, 2.45) is 39.4 Å². The van der Waals surface area contributed by atoms with Crippen molar-refractivity contribution in [1.29, 1.82) is 0 Å². The molecule has 5 unspecified atom stereocenters. The Bertz CT molecular complexity index is 482. The van der Waals surface area contributed by atoms with Crippen LogP contribution in [-0.2, 0) is 9.53 Å². The summed E-state index contributed by atoms with van der Waals surface area (Å²) in [5.74, 6) is 0.637. The maximum absolute atomic E-state index is 12.3. The van der Waals surface area contributed by atoms with Crippen molar-refractivity contribution in [2.45, 2.75) is 95.3 Å². The molecule has 1 rings (SSSR count). The van der Waals surface area contributed by atoms with Crippen molar-refractivity contribution in [3.05, 3.63) is 0 Å². The van der Waals surface area contributed by atoms with Crippen LogP contribution in [-0.4, -0.2) is 18.5 Å². The summed E-state index contributed by atoms with van der Waals surface area (Å²) in [4.78, 5) is 12.3. The van der Waals surface area contributed by atoms with Crippen LogP contribution in [0.4, 0.5) is 0 Å². The Morgan fingerprint density at radius 1 is 0.667 bits per heavy atom. The molecule has 1 heterocycles. The van der Waals surface area contributed by atoms with Gasteiger partial charge in [-0.15, -0.1) is 0 Å². The minimum absolute atomic E-state index is 0.0247. The number of carbonyl (C=O) groups excluding carboxylic acids is 1. The first-order valence-corrected chi connectivity index (χ1v) is 9.45. The number of ether oxygens (including phenoxy) is 1. The number of hydrogen-bond donors (Lipinski definition) is 0. The van der Waals surface area contributed by atoms with Gasteiger partial charge < -0.3 is 9.53 Å². The number of aldehydes is 1. The Labute approximate surface area is 152 Å². The van der Waals surface area contributed by atoms with Crippen LogP contribution in [0.5, 0.6) is 0 Å². The van der Waals surface area contributed by atoms with Crippen molar-refractivity contribution in [2.75, 3.05) is 0 Å². The fourth-order valence-corrected chi connectivity index (χ4v) is 4.83. The summed E-state index contributed by atoms with van der Waals surface area (Å²) < 4.78 is 14.4. The van der Waals surface area contributed by atoms with Gasteiger partial charge in [0, 0.05) is 5.92 Å². The number of rotatable bonds is 1. The Morgan fingerprint density at radius 3 is 1.29 bits per heavy atom. The molecule has 0 spiro atoms. The van der Waals surface area contributed by atoms with Gasteiger partial charge >= 0.3 is 0 Å². The molecule has 1 saturated heterocycles. The van der Waals surface area contributed by atoms with Crippen LogP contribution >= 0.6 is 0 Å². The molecule has 0 aromatic heterocycles. The lowest BCUT2D eigenvalue weighted by Gasteiger charge is -2.60. The average Bonchev–Trinajstić information content (AvgIpc) is 2.31. The van der Waals surface area contributed by atoms with Crippen molar-refractivity contribution in [1.82, 2.24) is 0 Å². The Morgan fingerprint density at radius 2 is 1.04 bits per heavy atom. The van der Waals surface area contributed by atoms with E-state index in [1.807, 2.05) is 0 Å². The van der Waals surface area contributed by atoms with Crippen LogP contribution in [0.15, 0.2) is 0 Å². The topological polar surface area (TPSA) is 26.3 Å². The average molecular weight is 341 g/mol. The van der Waals surface area contributed by atoms with Crippen LogP contribution in [0, 0.1) is 39.4 Å². The Hall–Kier alpha value is -0.370. The van der Waals surface area contributed by atoms with Crippen molar-refractivity contribution >= 4 is 6.26 Å². The largest absolute Gasteiger partial charge is 0.366 e. The van der Waals surface area contributed by atoms with Crippen molar-refractivity contribution in [3.63, 3.8) is 0 Å². The Balaban J connectivity index is 3.71. The summed E-state index contributed by atoms with van der Waals surface area (Å²) in [6, 6.07) is 0. The minimum Gasteiger partial charge on any atom is -0.366 e. The van der Waals surface area contributed by atoms with E-state index in [0.717, 1.165) is 0 Å². The second-order valence-corrected chi connectivity index (χ2v) is 12.1. The molecule has 5 atom stereocenters. The van der Waals surface area contributed by atoms with Crippen LogP contribution in [0.3, 0.4) is 0 Å². The molecule has 1 aliphatic heterocycles. The van der Waals surface area contributed by atoms with Gasteiger partial charge in [-0.25, -0.2) is 0 Å². The van der Waals surface area contributed by atoms with E-state index < -0.39 is 12.4 Å². The molecule has 0 aliphatic carbocycles. The molecule has 0 radical (unpaired) electrons. The Kier molecular flexibility index (Phi) is 5.33. The van der Waals surface area contributed by atoms with Crippen molar-refractivity contribution < 1.29 is 10.9 Å². The number of carbonyl (C=O) groups is 1. The van der Waals surface area contributed by atoms with Crippen LogP contribution < -0.4 is 0 Å². The molecular formula is C22H42O2. The van der Waals surface area contributed by atoms with Gasteiger partial charge in [0.25, 0.3) is 0 Å². The molecule has 0 aromatic carbocycles. The van der Waals surface area contributed by atoms with Gasteiger partial charge in [-0.1, -0.05) is 83.1 Å². The quantitative estimate of drug-likeness (QED) is 0.548. The van der Waals surface area contributed by atoms with Gasteiger partial charge in [-0.3, -0.25) is 0 Å². The first-order valence-electron chi connectivity index (χ1n) is 9.95. The zero-order chi connectivity index (χ0) is 20.2.